The first kappa shape index (κ1) is 14.7. The molecule has 0 unspecified atom stereocenters. The van der Waals surface area contributed by atoms with Gasteiger partial charge >= 0.3 is 5.97 Å². The van der Waals surface area contributed by atoms with Crippen LogP contribution in [0.4, 0.5) is 0 Å². The molecule has 5 nitrogen and oxygen atoms in total. The van der Waals surface area contributed by atoms with Gasteiger partial charge in [-0.3, -0.25) is 0 Å². The van der Waals surface area contributed by atoms with Crippen LogP contribution in [0.5, 0.6) is 17.2 Å². The maximum atomic E-state index is 11.5. The number of hydrogen-bond acceptors (Lipinski definition) is 4. The van der Waals surface area contributed by atoms with Crippen LogP contribution < -0.4 is 4.74 Å². The minimum Gasteiger partial charge on any atom is -0.504 e. The number of ether oxygens (including phenoxy) is 1. The van der Waals surface area contributed by atoms with E-state index >= 15 is 0 Å². The minimum atomic E-state index is -1.19. The van der Waals surface area contributed by atoms with Crippen LogP contribution in [0.3, 0.4) is 0 Å². The summed E-state index contributed by atoms with van der Waals surface area (Å²) in [7, 11) is 1.55. The van der Waals surface area contributed by atoms with E-state index < -0.39 is 11.7 Å². The summed E-state index contributed by atoms with van der Waals surface area (Å²) in [5.74, 6) is -1.37. The summed E-state index contributed by atoms with van der Waals surface area (Å²) >= 11 is 0. The molecule has 3 N–H and O–H groups in total. The highest BCUT2D eigenvalue weighted by molar-refractivity contribution is 6.07. The molecule has 23 heavy (non-hydrogen) atoms. The van der Waals surface area contributed by atoms with E-state index in [2.05, 4.69) is 0 Å². The number of methoxy groups -OCH3 is 1. The van der Waals surface area contributed by atoms with Gasteiger partial charge < -0.3 is 20.1 Å². The van der Waals surface area contributed by atoms with Gasteiger partial charge in [-0.25, -0.2) is 4.79 Å². The Bertz CT molecular complexity index is 915. The maximum Gasteiger partial charge on any atom is 0.336 e. The highest BCUT2D eigenvalue weighted by Crippen LogP contribution is 2.43. The van der Waals surface area contributed by atoms with Crippen molar-refractivity contribution in [2.24, 2.45) is 0 Å². The van der Waals surface area contributed by atoms with Crippen LogP contribution in [0.15, 0.2) is 48.5 Å². The van der Waals surface area contributed by atoms with Gasteiger partial charge in [0, 0.05) is 10.9 Å². The molecule has 0 radical (unpaired) electrons. The third kappa shape index (κ3) is 2.32. The van der Waals surface area contributed by atoms with E-state index in [9.17, 15) is 20.1 Å². The molecule has 0 spiro atoms. The maximum absolute atomic E-state index is 11.5. The summed E-state index contributed by atoms with van der Waals surface area (Å²) in [5.41, 5.74) is 0.499. The van der Waals surface area contributed by atoms with E-state index in [1.807, 2.05) is 24.3 Å². The number of fused-ring (bicyclic) bond motifs is 1. The molecule has 116 valence electrons. The van der Waals surface area contributed by atoms with Crippen LogP contribution in [0, 0.1) is 0 Å². The molecule has 0 aliphatic heterocycles. The largest absolute Gasteiger partial charge is 0.504 e. The van der Waals surface area contributed by atoms with Crippen LogP contribution in [-0.4, -0.2) is 28.4 Å². The number of phenolic OH excluding ortho intramolecular Hbond substituents is 2. The van der Waals surface area contributed by atoms with Gasteiger partial charge in [0.15, 0.2) is 11.5 Å². The molecule has 0 saturated carbocycles. The number of benzene rings is 3. The first-order valence-corrected chi connectivity index (χ1v) is 6.89. The Labute approximate surface area is 132 Å². The summed E-state index contributed by atoms with van der Waals surface area (Å²) in [6.07, 6.45) is 0. The topological polar surface area (TPSA) is 87.0 Å². The van der Waals surface area contributed by atoms with Crippen molar-refractivity contribution >= 4 is 16.7 Å². The van der Waals surface area contributed by atoms with Crippen molar-refractivity contribution < 1.29 is 24.9 Å². The monoisotopic (exact) mass is 310 g/mol. The predicted octanol–water partition coefficient (Wildman–Crippen LogP) is 3.62. The van der Waals surface area contributed by atoms with Gasteiger partial charge in [-0.05, 0) is 35.2 Å². The molecule has 0 saturated heterocycles. The third-order valence-corrected chi connectivity index (χ3v) is 3.76. The lowest BCUT2D eigenvalue weighted by Gasteiger charge is -2.14. The van der Waals surface area contributed by atoms with Crippen molar-refractivity contribution in [3.05, 3.63) is 54.1 Å². The Balaban J connectivity index is 2.43. The second-order valence-corrected chi connectivity index (χ2v) is 5.02. The molecule has 3 aromatic rings. The fourth-order valence-corrected chi connectivity index (χ4v) is 2.70. The average molecular weight is 310 g/mol. The Kier molecular flexibility index (Phi) is 3.54. The summed E-state index contributed by atoms with van der Waals surface area (Å²) in [5, 5.41) is 30.9. The number of hydrogen-bond donors (Lipinski definition) is 3. The first-order valence-electron chi connectivity index (χ1n) is 6.89. The van der Waals surface area contributed by atoms with Gasteiger partial charge in [0.25, 0.3) is 0 Å². The first-order chi connectivity index (χ1) is 11.0. The molecular weight excluding hydrogens is 296 g/mol. The number of phenols is 2. The van der Waals surface area contributed by atoms with E-state index in [1.165, 1.54) is 6.07 Å². The normalized spacial score (nSPS) is 10.7. The van der Waals surface area contributed by atoms with E-state index in [0.717, 1.165) is 16.8 Å². The van der Waals surface area contributed by atoms with Crippen molar-refractivity contribution in [1.29, 1.82) is 0 Å². The van der Waals surface area contributed by atoms with Gasteiger partial charge in [0.05, 0.1) is 12.7 Å². The highest BCUT2D eigenvalue weighted by atomic mass is 16.5. The molecular formula is C18H14O5. The molecule has 0 aromatic heterocycles. The summed E-state index contributed by atoms with van der Waals surface area (Å²) in [6.45, 7) is 0. The standard InChI is InChI=1S/C18H14O5/c1-23-15-9-7-12(10-4-2-3-5-11(10)15)16-13(18(21)22)6-8-14(19)17(16)20/h2-9,19-20H,1H3,(H,21,22). The lowest BCUT2D eigenvalue weighted by Crippen LogP contribution is -2.00. The summed E-state index contributed by atoms with van der Waals surface area (Å²) in [6, 6.07) is 13.1. The predicted molar refractivity (Wildman–Crippen MR) is 86.2 cm³/mol. The molecule has 3 aromatic carbocycles. The summed E-state index contributed by atoms with van der Waals surface area (Å²) < 4.78 is 5.32. The molecule has 0 aliphatic carbocycles. The number of aromatic hydroxyl groups is 2. The van der Waals surface area contributed by atoms with E-state index in [4.69, 9.17) is 4.74 Å². The molecule has 0 heterocycles. The van der Waals surface area contributed by atoms with E-state index in [-0.39, 0.29) is 16.9 Å². The van der Waals surface area contributed by atoms with Crippen molar-refractivity contribution in [2.45, 2.75) is 0 Å². The highest BCUT2D eigenvalue weighted by Gasteiger charge is 2.21. The van der Waals surface area contributed by atoms with Gasteiger partial charge in [-0.1, -0.05) is 24.3 Å². The van der Waals surface area contributed by atoms with Crippen LogP contribution >= 0.6 is 0 Å². The van der Waals surface area contributed by atoms with E-state index in [1.54, 1.807) is 19.2 Å². The fourth-order valence-electron chi connectivity index (χ4n) is 2.70. The average Bonchev–Trinajstić information content (AvgIpc) is 2.56. The molecule has 0 fully saturated rings. The SMILES string of the molecule is COc1ccc(-c2c(C(=O)O)ccc(O)c2O)c2ccccc12. The smallest absolute Gasteiger partial charge is 0.336 e. The zero-order chi connectivity index (χ0) is 16.6. The quantitative estimate of drug-likeness (QED) is 0.643. The summed E-state index contributed by atoms with van der Waals surface area (Å²) in [4.78, 5) is 11.5. The van der Waals surface area contributed by atoms with Crippen molar-refractivity contribution in [1.82, 2.24) is 0 Å². The fraction of sp³-hybridized carbons (Fsp3) is 0.0556. The second-order valence-electron chi connectivity index (χ2n) is 5.02. The van der Waals surface area contributed by atoms with Gasteiger partial charge in [0.2, 0.25) is 0 Å². The van der Waals surface area contributed by atoms with Crippen molar-refractivity contribution in [3.63, 3.8) is 0 Å². The van der Waals surface area contributed by atoms with Crippen LogP contribution in [-0.2, 0) is 0 Å². The molecule has 5 heteroatoms. The number of carboxylic acid groups (broad SMARTS) is 1. The van der Waals surface area contributed by atoms with Crippen LogP contribution in [0.2, 0.25) is 0 Å². The van der Waals surface area contributed by atoms with Crippen molar-refractivity contribution in [3.8, 4) is 28.4 Å². The second kappa shape index (κ2) is 5.53. The van der Waals surface area contributed by atoms with Crippen LogP contribution in [0.1, 0.15) is 10.4 Å². The number of carbonyl (C=O) groups is 1. The van der Waals surface area contributed by atoms with Crippen molar-refractivity contribution in [2.75, 3.05) is 7.11 Å². The molecule has 0 atom stereocenters. The Morgan fingerprint density at radius 3 is 2.30 bits per heavy atom. The van der Waals surface area contributed by atoms with Gasteiger partial charge in [-0.2, -0.15) is 0 Å². The number of carboxylic acids is 1. The number of aromatic carboxylic acids is 1. The zero-order valence-electron chi connectivity index (χ0n) is 12.3. The molecule has 3 rings (SSSR count). The Morgan fingerprint density at radius 2 is 1.65 bits per heavy atom. The van der Waals surface area contributed by atoms with Gasteiger partial charge in [-0.15, -0.1) is 0 Å². The van der Waals surface area contributed by atoms with Gasteiger partial charge in [0.1, 0.15) is 5.75 Å². The van der Waals surface area contributed by atoms with E-state index in [0.29, 0.717) is 11.3 Å². The molecule has 0 aliphatic rings. The lowest BCUT2D eigenvalue weighted by molar-refractivity contribution is 0.0697. The minimum absolute atomic E-state index is 0.0800. The Hall–Kier alpha value is -3.21. The number of rotatable bonds is 3. The Morgan fingerprint density at radius 1 is 0.957 bits per heavy atom. The zero-order valence-corrected chi connectivity index (χ0v) is 12.3. The third-order valence-electron chi connectivity index (χ3n) is 3.76. The lowest BCUT2D eigenvalue weighted by atomic mass is 9.93. The molecule has 0 bridgehead atoms. The molecule has 0 amide bonds. The van der Waals surface area contributed by atoms with Crippen LogP contribution in [0.25, 0.3) is 21.9 Å².